The van der Waals surface area contributed by atoms with E-state index in [4.69, 9.17) is 21.4 Å². The van der Waals surface area contributed by atoms with Crippen molar-refractivity contribution in [1.82, 2.24) is 0 Å². The summed E-state index contributed by atoms with van der Waals surface area (Å²) in [6.45, 7) is 0.690. The molecule has 1 aromatic rings. The van der Waals surface area contributed by atoms with Crippen LogP contribution in [0, 0.1) is 5.82 Å². The summed E-state index contributed by atoms with van der Waals surface area (Å²) in [5.41, 5.74) is -0.0783. The molecule has 1 N–H and O–H groups in total. The minimum Gasteiger partial charge on any atom is -0.481 e. The van der Waals surface area contributed by atoms with E-state index in [9.17, 15) is 9.18 Å². The molecule has 1 fully saturated rings. The molecular formula is C12H12ClFO3. The Morgan fingerprint density at radius 3 is 2.76 bits per heavy atom. The monoisotopic (exact) mass is 258 g/mol. The molecule has 1 saturated heterocycles. The van der Waals surface area contributed by atoms with Gasteiger partial charge in [-0.25, -0.2) is 4.39 Å². The normalized spacial score (nSPS) is 17.5. The molecule has 17 heavy (non-hydrogen) atoms. The Bertz CT molecular complexity index is 443. The molecular weight excluding hydrogens is 247 g/mol. The molecule has 3 nitrogen and oxygen atoms in total. The molecule has 92 valence electrons. The van der Waals surface area contributed by atoms with E-state index in [1.165, 1.54) is 12.1 Å². The summed E-state index contributed by atoms with van der Waals surface area (Å²) in [5, 5.41) is 9.15. The summed E-state index contributed by atoms with van der Waals surface area (Å²) in [5.74, 6) is -1.25. The van der Waals surface area contributed by atoms with Gasteiger partial charge in [-0.2, -0.15) is 0 Å². The number of halogens is 2. The number of carbonyl (C=O) groups is 1. The average Bonchev–Trinajstić information content (AvgIpc) is 2.21. The van der Waals surface area contributed by atoms with Gasteiger partial charge in [-0.15, -0.1) is 0 Å². The Hall–Kier alpha value is -1.13. The van der Waals surface area contributed by atoms with E-state index in [1.54, 1.807) is 6.07 Å². The van der Waals surface area contributed by atoms with Crippen LogP contribution in [0.1, 0.15) is 18.4 Å². The fourth-order valence-corrected chi connectivity index (χ4v) is 2.21. The fourth-order valence-electron chi connectivity index (χ4n) is 2.03. The third-order valence-electron chi connectivity index (χ3n) is 3.07. The number of benzene rings is 1. The van der Waals surface area contributed by atoms with Crippen molar-refractivity contribution in [3.63, 3.8) is 0 Å². The van der Waals surface area contributed by atoms with Crippen molar-refractivity contribution in [3.05, 3.63) is 34.6 Å². The molecule has 0 spiro atoms. The highest BCUT2D eigenvalue weighted by molar-refractivity contribution is 6.30. The van der Waals surface area contributed by atoms with Crippen LogP contribution in [-0.4, -0.2) is 24.3 Å². The van der Waals surface area contributed by atoms with Gasteiger partial charge < -0.3 is 9.84 Å². The van der Waals surface area contributed by atoms with Crippen LogP contribution in [0.5, 0.6) is 0 Å². The van der Waals surface area contributed by atoms with Crippen LogP contribution >= 0.6 is 11.6 Å². The van der Waals surface area contributed by atoms with E-state index >= 15 is 0 Å². The van der Waals surface area contributed by atoms with Gasteiger partial charge >= 0.3 is 5.97 Å². The SMILES string of the molecule is O=C(O)CCC1(c2cc(Cl)ccc2F)COC1. The number of hydrogen-bond acceptors (Lipinski definition) is 2. The van der Waals surface area contributed by atoms with Crippen LogP contribution in [0.15, 0.2) is 18.2 Å². The van der Waals surface area contributed by atoms with Gasteiger partial charge in [0.15, 0.2) is 0 Å². The maximum absolute atomic E-state index is 13.7. The molecule has 0 aromatic heterocycles. The van der Waals surface area contributed by atoms with Gasteiger partial charge in [0.25, 0.3) is 0 Å². The molecule has 0 aliphatic carbocycles. The molecule has 1 aromatic carbocycles. The number of carboxylic acid groups (broad SMARTS) is 1. The van der Waals surface area contributed by atoms with E-state index in [2.05, 4.69) is 0 Å². The van der Waals surface area contributed by atoms with Crippen molar-refractivity contribution < 1.29 is 19.0 Å². The van der Waals surface area contributed by atoms with Gasteiger partial charge in [0.05, 0.1) is 13.2 Å². The van der Waals surface area contributed by atoms with Crippen LogP contribution in [0.4, 0.5) is 4.39 Å². The third-order valence-corrected chi connectivity index (χ3v) is 3.31. The molecule has 0 amide bonds. The first-order valence-corrected chi connectivity index (χ1v) is 5.66. The minimum absolute atomic E-state index is 0.00465. The molecule has 0 radical (unpaired) electrons. The minimum atomic E-state index is -0.890. The lowest BCUT2D eigenvalue weighted by atomic mass is 9.75. The Labute approximate surface area is 103 Å². The van der Waals surface area contributed by atoms with Crippen LogP contribution in [-0.2, 0) is 14.9 Å². The fraction of sp³-hybridized carbons (Fsp3) is 0.417. The molecule has 1 aliphatic rings. The molecule has 1 heterocycles. The van der Waals surface area contributed by atoms with Crippen molar-refractivity contribution in [2.24, 2.45) is 0 Å². The predicted molar refractivity (Wildman–Crippen MR) is 60.8 cm³/mol. The summed E-state index contributed by atoms with van der Waals surface area (Å²) in [6.07, 6.45) is 0.356. The van der Waals surface area contributed by atoms with Gasteiger partial charge in [0.2, 0.25) is 0 Å². The number of hydrogen-bond donors (Lipinski definition) is 1. The van der Waals surface area contributed by atoms with Gasteiger partial charge in [-0.1, -0.05) is 11.6 Å². The third kappa shape index (κ3) is 2.42. The topological polar surface area (TPSA) is 46.5 Å². The smallest absolute Gasteiger partial charge is 0.303 e. The second-order valence-electron chi connectivity index (χ2n) is 4.29. The van der Waals surface area contributed by atoms with Gasteiger partial charge in [0, 0.05) is 22.4 Å². The van der Waals surface area contributed by atoms with Crippen LogP contribution in [0.2, 0.25) is 5.02 Å². The van der Waals surface area contributed by atoms with E-state index in [1.807, 2.05) is 0 Å². The molecule has 0 unspecified atom stereocenters. The Kier molecular flexibility index (Phi) is 3.35. The van der Waals surface area contributed by atoms with Crippen molar-refractivity contribution in [3.8, 4) is 0 Å². The summed E-state index contributed by atoms with van der Waals surface area (Å²) >= 11 is 5.84. The van der Waals surface area contributed by atoms with E-state index in [0.717, 1.165) is 0 Å². The van der Waals surface area contributed by atoms with E-state index in [0.29, 0.717) is 30.2 Å². The van der Waals surface area contributed by atoms with Crippen molar-refractivity contribution in [2.45, 2.75) is 18.3 Å². The molecule has 0 bridgehead atoms. The molecule has 1 aliphatic heterocycles. The zero-order chi connectivity index (χ0) is 12.5. The zero-order valence-corrected chi connectivity index (χ0v) is 9.84. The first kappa shape index (κ1) is 12.3. The number of rotatable bonds is 4. The second-order valence-corrected chi connectivity index (χ2v) is 4.73. The lowest BCUT2D eigenvalue weighted by Crippen LogP contribution is -2.47. The summed E-state index contributed by atoms with van der Waals surface area (Å²) in [4.78, 5) is 10.6. The summed E-state index contributed by atoms with van der Waals surface area (Å²) in [7, 11) is 0. The van der Waals surface area contributed by atoms with Crippen molar-refractivity contribution in [2.75, 3.05) is 13.2 Å². The number of carboxylic acids is 1. The lowest BCUT2D eigenvalue weighted by Gasteiger charge is -2.42. The Morgan fingerprint density at radius 2 is 2.24 bits per heavy atom. The summed E-state index contributed by atoms with van der Waals surface area (Å²) < 4.78 is 18.9. The largest absolute Gasteiger partial charge is 0.481 e. The molecule has 0 atom stereocenters. The quantitative estimate of drug-likeness (QED) is 0.903. The molecule has 5 heteroatoms. The van der Waals surface area contributed by atoms with E-state index < -0.39 is 11.4 Å². The van der Waals surface area contributed by atoms with E-state index in [-0.39, 0.29) is 12.2 Å². The summed E-state index contributed by atoms with van der Waals surface area (Å²) in [6, 6.07) is 4.34. The zero-order valence-electron chi connectivity index (χ0n) is 9.08. The van der Waals surface area contributed by atoms with Crippen LogP contribution < -0.4 is 0 Å². The van der Waals surface area contributed by atoms with Gasteiger partial charge in [-0.05, 0) is 24.6 Å². The van der Waals surface area contributed by atoms with Gasteiger partial charge in [0.1, 0.15) is 5.82 Å². The maximum Gasteiger partial charge on any atom is 0.303 e. The highest BCUT2D eigenvalue weighted by atomic mass is 35.5. The second kappa shape index (κ2) is 4.63. The predicted octanol–water partition coefficient (Wildman–Crippen LogP) is 2.61. The highest BCUT2D eigenvalue weighted by Crippen LogP contribution is 2.39. The van der Waals surface area contributed by atoms with Crippen LogP contribution in [0.25, 0.3) is 0 Å². The maximum atomic E-state index is 13.7. The number of ether oxygens (including phenoxy) is 1. The van der Waals surface area contributed by atoms with Crippen LogP contribution in [0.3, 0.4) is 0 Å². The first-order chi connectivity index (χ1) is 8.03. The average molecular weight is 259 g/mol. The van der Waals surface area contributed by atoms with Crippen molar-refractivity contribution >= 4 is 17.6 Å². The number of aliphatic carboxylic acids is 1. The molecule has 2 rings (SSSR count). The highest BCUT2D eigenvalue weighted by Gasteiger charge is 2.42. The standard InChI is InChI=1S/C12H12ClFO3/c13-8-1-2-10(14)9(5-8)12(6-17-7-12)4-3-11(15)16/h1-2,5H,3-4,6-7H2,(H,15,16). The lowest BCUT2D eigenvalue weighted by molar-refractivity contribution is -0.139. The molecule has 0 saturated carbocycles. The Balaban J connectivity index is 2.27. The van der Waals surface area contributed by atoms with Gasteiger partial charge in [-0.3, -0.25) is 4.79 Å². The van der Waals surface area contributed by atoms with Crippen molar-refractivity contribution in [1.29, 1.82) is 0 Å². The first-order valence-electron chi connectivity index (χ1n) is 5.29. The Morgan fingerprint density at radius 1 is 1.53 bits per heavy atom.